The maximum absolute atomic E-state index is 12.9. The van der Waals surface area contributed by atoms with E-state index in [0.29, 0.717) is 10.8 Å². The van der Waals surface area contributed by atoms with Gasteiger partial charge in [-0.15, -0.1) is 0 Å². The maximum atomic E-state index is 12.9. The number of hydrogen-bond acceptors (Lipinski definition) is 2. The SMILES string of the molecule is NC(COc1cccc(Cl)c1)c1ccccc1C(F)(F)F. The van der Waals surface area contributed by atoms with E-state index in [4.69, 9.17) is 22.1 Å². The summed E-state index contributed by atoms with van der Waals surface area (Å²) in [5.41, 5.74) is 5.08. The van der Waals surface area contributed by atoms with Gasteiger partial charge in [-0.25, -0.2) is 0 Å². The van der Waals surface area contributed by atoms with E-state index >= 15 is 0 Å². The number of ether oxygens (including phenoxy) is 1. The van der Waals surface area contributed by atoms with Gasteiger partial charge < -0.3 is 10.5 Å². The van der Waals surface area contributed by atoms with Crippen molar-refractivity contribution in [2.75, 3.05) is 6.61 Å². The van der Waals surface area contributed by atoms with E-state index in [2.05, 4.69) is 0 Å². The molecule has 112 valence electrons. The van der Waals surface area contributed by atoms with Crippen molar-refractivity contribution in [3.63, 3.8) is 0 Å². The van der Waals surface area contributed by atoms with Gasteiger partial charge in [-0.05, 0) is 29.8 Å². The van der Waals surface area contributed by atoms with Crippen molar-refractivity contribution in [1.82, 2.24) is 0 Å². The predicted molar refractivity (Wildman–Crippen MR) is 75.3 cm³/mol. The number of nitrogens with two attached hydrogens (primary N) is 1. The molecular weight excluding hydrogens is 303 g/mol. The molecule has 21 heavy (non-hydrogen) atoms. The standard InChI is InChI=1S/C15H13ClF3NO/c16-10-4-3-5-11(8-10)21-9-14(20)12-6-1-2-7-13(12)15(17,18)19/h1-8,14H,9,20H2. The van der Waals surface area contributed by atoms with Crippen LogP contribution in [-0.4, -0.2) is 6.61 Å². The Labute approximate surface area is 125 Å². The van der Waals surface area contributed by atoms with Crippen molar-refractivity contribution >= 4 is 11.6 Å². The lowest BCUT2D eigenvalue weighted by molar-refractivity contribution is -0.138. The van der Waals surface area contributed by atoms with E-state index in [0.717, 1.165) is 6.07 Å². The number of benzene rings is 2. The van der Waals surface area contributed by atoms with Crippen LogP contribution in [0.1, 0.15) is 17.2 Å². The van der Waals surface area contributed by atoms with Crippen LogP contribution in [0.5, 0.6) is 5.75 Å². The molecule has 2 aromatic rings. The molecule has 0 spiro atoms. The number of hydrogen-bond donors (Lipinski definition) is 1. The summed E-state index contributed by atoms with van der Waals surface area (Å²) in [6, 6.07) is 10.9. The number of halogens is 4. The van der Waals surface area contributed by atoms with Crippen LogP contribution in [0.25, 0.3) is 0 Å². The van der Waals surface area contributed by atoms with Crippen LogP contribution < -0.4 is 10.5 Å². The van der Waals surface area contributed by atoms with Gasteiger partial charge in [-0.3, -0.25) is 0 Å². The van der Waals surface area contributed by atoms with Crippen molar-refractivity contribution in [2.45, 2.75) is 12.2 Å². The van der Waals surface area contributed by atoms with Crippen molar-refractivity contribution < 1.29 is 17.9 Å². The Hall–Kier alpha value is -1.72. The van der Waals surface area contributed by atoms with Gasteiger partial charge in [0.25, 0.3) is 0 Å². The highest BCUT2D eigenvalue weighted by Crippen LogP contribution is 2.34. The second kappa shape index (κ2) is 6.37. The lowest BCUT2D eigenvalue weighted by atomic mass is 10.0. The summed E-state index contributed by atoms with van der Waals surface area (Å²) in [5, 5.41) is 0.483. The second-order valence-electron chi connectivity index (χ2n) is 4.46. The number of alkyl halides is 3. The van der Waals surface area contributed by atoms with Crippen LogP contribution in [0.2, 0.25) is 5.02 Å². The Morgan fingerprint density at radius 3 is 2.48 bits per heavy atom. The van der Waals surface area contributed by atoms with Gasteiger partial charge in [0.1, 0.15) is 12.4 Å². The first-order chi connectivity index (χ1) is 9.88. The fourth-order valence-corrected chi connectivity index (χ4v) is 2.09. The molecule has 0 aliphatic heterocycles. The number of rotatable bonds is 4. The first kappa shape index (κ1) is 15.7. The van der Waals surface area contributed by atoms with E-state index in [1.165, 1.54) is 18.2 Å². The molecule has 0 fully saturated rings. The fraction of sp³-hybridized carbons (Fsp3) is 0.200. The molecule has 2 rings (SSSR count). The van der Waals surface area contributed by atoms with Crippen LogP contribution in [0, 0.1) is 0 Å². The first-order valence-corrected chi connectivity index (χ1v) is 6.56. The highest BCUT2D eigenvalue weighted by atomic mass is 35.5. The van der Waals surface area contributed by atoms with E-state index in [9.17, 15) is 13.2 Å². The van der Waals surface area contributed by atoms with E-state index in [1.807, 2.05) is 0 Å². The van der Waals surface area contributed by atoms with Crippen molar-refractivity contribution in [3.05, 3.63) is 64.7 Å². The van der Waals surface area contributed by atoms with Crippen molar-refractivity contribution in [2.24, 2.45) is 5.73 Å². The third-order valence-corrected chi connectivity index (χ3v) is 3.13. The summed E-state index contributed by atoms with van der Waals surface area (Å²) in [6.07, 6.45) is -4.44. The normalized spacial score (nSPS) is 13.0. The van der Waals surface area contributed by atoms with Crippen LogP contribution in [-0.2, 0) is 6.18 Å². The van der Waals surface area contributed by atoms with Crippen LogP contribution in [0.15, 0.2) is 48.5 Å². The van der Waals surface area contributed by atoms with Gasteiger partial charge in [0.2, 0.25) is 0 Å². The third kappa shape index (κ3) is 4.12. The lowest BCUT2D eigenvalue weighted by Crippen LogP contribution is -2.23. The van der Waals surface area contributed by atoms with Gasteiger partial charge >= 0.3 is 6.18 Å². The summed E-state index contributed by atoms with van der Waals surface area (Å²) in [6.45, 7) is -0.0760. The Morgan fingerprint density at radius 1 is 1.10 bits per heavy atom. The Morgan fingerprint density at radius 2 is 1.81 bits per heavy atom. The maximum Gasteiger partial charge on any atom is 0.416 e. The second-order valence-corrected chi connectivity index (χ2v) is 4.90. The van der Waals surface area contributed by atoms with E-state index in [1.54, 1.807) is 24.3 Å². The molecule has 0 saturated carbocycles. The molecule has 0 aliphatic carbocycles. The molecule has 0 radical (unpaired) electrons. The van der Waals surface area contributed by atoms with E-state index < -0.39 is 17.8 Å². The molecule has 2 aromatic carbocycles. The van der Waals surface area contributed by atoms with Gasteiger partial charge in [-0.1, -0.05) is 35.9 Å². The fourth-order valence-electron chi connectivity index (χ4n) is 1.91. The summed E-state index contributed by atoms with van der Waals surface area (Å²) >= 11 is 5.80. The molecule has 0 saturated heterocycles. The molecule has 2 nitrogen and oxygen atoms in total. The molecule has 0 heterocycles. The predicted octanol–water partition coefficient (Wildman–Crippen LogP) is 4.44. The van der Waals surface area contributed by atoms with E-state index in [-0.39, 0.29) is 12.2 Å². The van der Waals surface area contributed by atoms with Gasteiger partial charge in [0.05, 0.1) is 11.6 Å². The molecule has 0 bridgehead atoms. The molecule has 1 unspecified atom stereocenters. The molecule has 0 amide bonds. The third-order valence-electron chi connectivity index (χ3n) is 2.89. The minimum Gasteiger partial charge on any atom is -0.492 e. The molecule has 0 aliphatic rings. The average Bonchev–Trinajstić information content (AvgIpc) is 2.44. The van der Waals surface area contributed by atoms with Crippen LogP contribution in [0.4, 0.5) is 13.2 Å². The molecular formula is C15H13ClF3NO. The monoisotopic (exact) mass is 315 g/mol. The van der Waals surface area contributed by atoms with Crippen LogP contribution >= 0.6 is 11.6 Å². The average molecular weight is 316 g/mol. The topological polar surface area (TPSA) is 35.2 Å². The van der Waals surface area contributed by atoms with Gasteiger partial charge in [0, 0.05) is 5.02 Å². The summed E-state index contributed by atoms with van der Waals surface area (Å²) in [4.78, 5) is 0. The zero-order valence-electron chi connectivity index (χ0n) is 10.9. The quantitative estimate of drug-likeness (QED) is 0.905. The molecule has 2 N–H and O–H groups in total. The minimum absolute atomic E-state index is 0.00651. The van der Waals surface area contributed by atoms with Gasteiger partial charge in [-0.2, -0.15) is 13.2 Å². The minimum atomic E-state index is -4.44. The molecule has 1 atom stereocenters. The van der Waals surface area contributed by atoms with Gasteiger partial charge in [0.15, 0.2) is 0 Å². The van der Waals surface area contributed by atoms with Crippen molar-refractivity contribution in [3.8, 4) is 5.75 Å². The van der Waals surface area contributed by atoms with Crippen molar-refractivity contribution in [1.29, 1.82) is 0 Å². The Bertz CT molecular complexity index is 616. The summed E-state index contributed by atoms with van der Waals surface area (Å²) in [5.74, 6) is 0.461. The molecule has 0 aromatic heterocycles. The molecule has 6 heteroatoms. The smallest absolute Gasteiger partial charge is 0.416 e. The largest absolute Gasteiger partial charge is 0.492 e. The van der Waals surface area contributed by atoms with Crippen LogP contribution in [0.3, 0.4) is 0 Å². The lowest BCUT2D eigenvalue weighted by Gasteiger charge is -2.18. The first-order valence-electron chi connectivity index (χ1n) is 6.18. The highest BCUT2D eigenvalue weighted by Gasteiger charge is 2.34. The highest BCUT2D eigenvalue weighted by molar-refractivity contribution is 6.30. The Balaban J connectivity index is 2.12. The summed E-state index contributed by atoms with van der Waals surface area (Å²) < 4.78 is 44.1. The summed E-state index contributed by atoms with van der Waals surface area (Å²) in [7, 11) is 0. The zero-order chi connectivity index (χ0) is 15.5. The zero-order valence-corrected chi connectivity index (χ0v) is 11.7. The Kier molecular flexibility index (Phi) is 4.75.